The van der Waals surface area contributed by atoms with Gasteiger partial charge in [-0.3, -0.25) is 0 Å². The van der Waals surface area contributed by atoms with Crippen molar-refractivity contribution in [2.24, 2.45) is 0 Å². The Bertz CT molecular complexity index is 537. The zero-order valence-corrected chi connectivity index (χ0v) is 11.9. The summed E-state index contributed by atoms with van der Waals surface area (Å²) in [5.74, 6) is -0.231. The van der Waals surface area contributed by atoms with E-state index in [9.17, 15) is 4.39 Å². The second-order valence-corrected chi connectivity index (χ2v) is 5.33. The second-order valence-electron chi connectivity index (χ2n) is 4.41. The highest BCUT2D eigenvalue weighted by Crippen LogP contribution is 2.18. The van der Waals surface area contributed by atoms with Crippen LogP contribution in [0.25, 0.3) is 5.69 Å². The Morgan fingerprint density at radius 2 is 2.22 bits per heavy atom. The van der Waals surface area contributed by atoms with Gasteiger partial charge in [0, 0.05) is 18.8 Å². The standard InChI is InChI=1S/C13H15BrFN3/c1-9(2)16-6-10-5-12(15)3-4-13(10)18-8-11(14)7-17-18/h3-5,7-9,16H,6H2,1-2H3. The molecule has 2 rings (SSSR count). The van der Waals surface area contributed by atoms with Crippen LogP contribution in [0.3, 0.4) is 0 Å². The molecule has 3 nitrogen and oxygen atoms in total. The lowest BCUT2D eigenvalue weighted by Gasteiger charge is -2.12. The highest BCUT2D eigenvalue weighted by molar-refractivity contribution is 9.10. The minimum Gasteiger partial charge on any atom is -0.310 e. The first kappa shape index (κ1) is 13.2. The minimum absolute atomic E-state index is 0.231. The summed E-state index contributed by atoms with van der Waals surface area (Å²) < 4.78 is 16.0. The van der Waals surface area contributed by atoms with Gasteiger partial charge in [0.15, 0.2) is 0 Å². The molecule has 0 spiro atoms. The summed E-state index contributed by atoms with van der Waals surface area (Å²) in [6.45, 7) is 4.73. The molecule has 0 aliphatic rings. The quantitative estimate of drug-likeness (QED) is 0.939. The number of benzene rings is 1. The Hall–Kier alpha value is -1.20. The average Bonchev–Trinajstić information content (AvgIpc) is 2.73. The van der Waals surface area contributed by atoms with Crippen molar-refractivity contribution in [3.8, 4) is 5.69 Å². The molecule has 5 heteroatoms. The van der Waals surface area contributed by atoms with E-state index in [0.29, 0.717) is 12.6 Å². The van der Waals surface area contributed by atoms with E-state index in [1.54, 1.807) is 23.0 Å². The molecule has 1 aromatic carbocycles. The van der Waals surface area contributed by atoms with Crippen molar-refractivity contribution in [2.45, 2.75) is 26.4 Å². The summed E-state index contributed by atoms with van der Waals surface area (Å²) in [6.07, 6.45) is 3.56. The lowest BCUT2D eigenvalue weighted by atomic mass is 10.1. The molecular weight excluding hydrogens is 297 g/mol. The molecule has 0 saturated heterocycles. The van der Waals surface area contributed by atoms with Gasteiger partial charge < -0.3 is 5.32 Å². The number of nitrogens with zero attached hydrogens (tertiary/aromatic N) is 2. The summed E-state index contributed by atoms with van der Waals surface area (Å²) in [4.78, 5) is 0. The topological polar surface area (TPSA) is 29.9 Å². The maximum Gasteiger partial charge on any atom is 0.123 e. The molecule has 0 aliphatic heterocycles. The first-order valence-electron chi connectivity index (χ1n) is 5.78. The van der Waals surface area contributed by atoms with Gasteiger partial charge in [0.1, 0.15) is 5.82 Å². The van der Waals surface area contributed by atoms with E-state index in [-0.39, 0.29) is 5.82 Å². The molecule has 0 radical (unpaired) electrons. The number of nitrogens with one attached hydrogen (secondary N) is 1. The summed E-state index contributed by atoms with van der Waals surface area (Å²) in [5, 5.41) is 7.51. The van der Waals surface area contributed by atoms with E-state index in [1.807, 2.05) is 6.20 Å². The smallest absolute Gasteiger partial charge is 0.123 e. The van der Waals surface area contributed by atoms with E-state index in [1.165, 1.54) is 6.07 Å². The molecule has 0 aliphatic carbocycles. The predicted molar refractivity (Wildman–Crippen MR) is 73.2 cm³/mol. The van der Waals surface area contributed by atoms with Crippen molar-refractivity contribution in [2.75, 3.05) is 0 Å². The van der Waals surface area contributed by atoms with Crippen molar-refractivity contribution >= 4 is 15.9 Å². The van der Waals surface area contributed by atoms with E-state index >= 15 is 0 Å². The second kappa shape index (κ2) is 5.63. The van der Waals surface area contributed by atoms with Crippen LogP contribution in [-0.4, -0.2) is 15.8 Å². The number of hydrogen-bond donors (Lipinski definition) is 1. The molecule has 0 fully saturated rings. The van der Waals surface area contributed by atoms with Crippen LogP contribution in [0.2, 0.25) is 0 Å². The molecule has 18 heavy (non-hydrogen) atoms. The maximum absolute atomic E-state index is 13.3. The Labute approximate surface area is 114 Å². The zero-order valence-electron chi connectivity index (χ0n) is 10.3. The van der Waals surface area contributed by atoms with E-state index in [4.69, 9.17) is 0 Å². The van der Waals surface area contributed by atoms with Crippen LogP contribution >= 0.6 is 15.9 Å². The SMILES string of the molecule is CC(C)NCc1cc(F)ccc1-n1cc(Br)cn1. The van der Waals surface area contributed by atoms with Crippen LogP contribution in [0, 0.1) is 5.82 Å². The Morgan fingerprint density at radius 1 is 1.44 bits per heavy atom. The average molecular weight is 312 g/mol. The van der Waals surface area contributed by atoms with Crippen LogP contribution in [0.15, 0.2) is 35.1 Å². The third kappa shape index (κ3) is 3.17. The van der Waals surface area contributed by atoms with Crippen LogP contribution in [-0.2, 0) is 6.54 Å². The molecule has 0 saturated carbocycles. The van der Waals surface area contributed by atoms with Crippen molar-refractivity contribution < 1.29 is 4.39 Å². The number of hydrogen-bond acceptors (Lipinski definition) is 2. The highest BCUT2D eigenvalue weighted by Gasteiger charge is 2.08. The van der Waals surface area contributed by atoms with Gasteiger partial charge in [0.2, 0.25) is 0 Å². The number of rotatable bonds is 4. The van der Waals surface area contributed by atoms with E-state index in [2.05, 4.69) is 40.2 Å². The molecular formula is C13H15BrFN3. The van der Waals surface area contributed by atoms with Gasteiger partial charge in [-0.2, -0.15) is 5.10 Å². The van der Waals surface area contributed by atoms with Crippen molar-refractivity contribution in [3.63, 3.8) is 0 Å². The third-order valence-corrected chi connectivity index (χ3v) is 2.95. The van der Waals surface area contributed by atoms with Crippen molar-refractivity contribution in [1.82, 2.24) is 15.1 Å². The molecule has 0 bridgehead atoms. The highest BCUT2D eigenvalue weighted by atomic mass is 79.9. The van der Waals surface area contributed by atoms with Gasteiger partial charge in [-0.1, -0.05) is 13.8 Å². The molecule has 2 aromatic rings. The van der Waals surface area contributed by atoms with Crippen LogP contribution in [0.1, 0.15) is 19.4 Å². The van der Waals surface area contributed by atoms with Gasteiger partial charge >= 0.3 is 0 Å². The summed E-state index contributed by atoms with van der Waals surface area (Å²) in [5.41, 5.74) is 1.77. The van der Waals surface area contributed by atoms with Gasteiger partial charge in [0.05, 0.1) is 16.4 Å². The summed E-state index contributed by atoms with van der Waals surface area (Å²) in [6, 6.07) is 5.08. The molecule has 1 N–H and O–H groups in total. The largest absolute Gasteiger partial charge is 0.310 e. The van der Waals surface area contributed by atoms with Crippen molar-refractivity contribution in [1.29, 1.82) is 0 Å². The molecule has 0 atom stereocenters. The fourth-order valence-corrected chi connectivity index (χ4v) is 1.95. The minimum atomic E-state index is -0.231. The van der Waals surface area contributed by atoms with Gasteiger partial charge in [0.25, 0.3) is 0 Å². The third-order valence-electron chi connectivity index (χ3n) is 2.54. The predicted octanol–water partition coefficient (Wildman–Crippen LogP) is 3.27. The van der Waals surface area contributed by atoms with E-state index < -0.39 is 0 Å². The number of aromatic nitrogens is 2. The molecule has 1 aromatic heterocycles. The zero-order chi connectivity index (χ0) is 13.1. The lowest BCUT2D eigenvalue weighted by molar-refractivity contribution is 0.578. The fraction of sp³-hybridized carbons (Fsp3) is 0.308. The first-order valence-corrected chi connectivity index (χ1v) is 6.58. The van der Waals surface area contributed by atoms with Gasteiger partial charge in [-0.15, -0.1) is 0 Å². The Morgan fingerprint density at radius 3 is 2.83 bits per heavy atom. The normalized spacial score (nSPS) is 11.2. The lowest BCUT2D eigenvalue weighted by Crippen LogP contribution is -2.22. The Kier molecular flexibility index (Phi) is 4.14. The van der Waals surface area contributed by atoms with Crippen molar-refractivity contribution in [3.05, 3.63) is 46.4 Å². The summed E-state index contributed by atoms with van der Waals surface area (Å²) in [7, 11) is 0. The maximum atomic E-state index is 13.3. The Balaban J connectivity index is 2.34. The molecule has 0 amide bonds. The monoisotopic (exact) mass is 311 g/mol. The summed E-state index contributed by atoms with van der Waals surface area (Å²) >= 11 is 3.36. The number of halogens is 2. The first-order chi connectivity index (χ1) is 8.56. The molecule has 96 valence electrons. The fourth-order valence-electron chi connectivity index (χ4n) is 1.67. The molecule has 1 heterocycles. The van der Waals surface area contributed by atoms with Gasteiger partial charge in [-0.05, 0) is 39.7 Å². The van der Waals surface area contributed by atoms with Gasteiger partial charge in [-0.25, -0.2) is 9.07 Å². The van der Waals surface area contributed by atoms with Crippen LogP contribution in [0.4, 0.5) is 4.39 Å². The molecule has 0 unspecified atom stereocenters. The van der Waals surface area contributed by atoms with E-state index in [0.717, 1.165) is 15.7 Å². The van der Waals surface area contributed by atoms with Crippen LogP contribution < -0.4 is 5.32 Å². The van der Waals surface area contributed by atoms with Crippen LogP contribution in [0.5, 0.6) is 0 Å².